The second-order valence-corrected chi connectivity index (χ2v) is 5.02. The van der Waals surface area contributed by atoms with Crippen LogP contribution in [0.5, 0.6) is 5.75 Å². The molecule has 0 saturated carbocycles. The molecule has 118 valence electrons. The average Bonchev–Trinajstić information content (AvgIpc) is 2.49. The third-order valence-corrected chi connectivity index (χ3v) is 3.33. The molecule has 0 aliphatic carbocycles. The zero-order chi connectivity index (χ0) is 15.7. The standard InChI is InChI=1S/C17H14N2O3.ClH/c1-10-8-16(19-12-3-5-13(20)6-4-12)14-9-11(17(21)22)2-7-15(14)18-10;/h2-9,20H,1H3,(H,18,19)(H,21,22);1H. The number of nitrogens with one attached hydrogen (secondary N) is 1. The van der Waals surface area contributed by atoms with Crippen LogP contribution in [0.15, 0.2) is 48.5 Å². The number of nitrogens with zero attached hydrogens (tertiary/aromatic N) is 1. The fourth-order valence-corrected chi connectivity index (χ4v) is 2.29. The van der Waals surface area contributed by atoms with Gasteiger partial charge in [-0.1, -0.05) is 0 Å². The monoisotopic (exact) mass is 330 g/mol. The number of aromatic carboxylic acids is 1. The lowest BCUT2D eigenvalue weighted by molar-refractivity contribution is 0.0697. The van der Waals surface area contributed by atoms with Crippen molar-refractivity contribution >= 4 is 40.7 Å². The third-order valence-electron chi connectivity index (χ3n) is 3.33. The normalized spacial score (nSPS) is 10.1. The van der Waals surface area contributed by atoms with Crippen LogP contribution >= 0.6 is 12.4 Å². The first-order chi connectivity index (χ1) is 10.5. The average molecular weight is 331 g/mol. The fourth-order valence-electron chi connectivity index (χ4n) is 2.29. The van der Waals surface area contributed by atoms with Crippen LogP contribution in [0, 0.1) is 6.92 Å². The van der Waals surface area contributed by atoms with E-state index >= 15 is 0 Å². The molecule has 3 N–H and O–H groups in total. The predicted molar refractivity (Wildman–Crippen MR) is 92.1 cm³/mol. The zero-order valence-electron chi connectivity index (χ0n) is 12.3. The Balaban J connectivity index is 0.00000192. The Morgan fingerprint density at radius 3 is 2.43 bits per heavy atom. The molecule has 0 spiro atoms. The van der Waals surface area contributed by atoms with Gasteiger partial charge in [-0.3, -0.25) is 4.98 Å². The van der Waals surface area contributed by atoms with Crippen LogP contribution in [-0.4, -0.2) is 21.2 Å². The molecule has 0 amide bonds. The van der Waals surface area contributed by atoms with Gasteiger partial charge in [0.25, 0.3) is 0 Å². The number of carboxylic acid groups (broad SMARTS) is 1. The molecule has 5 nitrogen and oxygen atoms in total. The van der Waals surface area contributed by atoms with Crippen molar-refractivity contribution in [2.24, 2.45) is 0 Å². The lowest BCUT2D eigenvalue weighted by Gasteiger charge is -2.11. The van der Waals surface area contributed by atoms with Crippen LogP contribution in [0.1, 0.15) is 16.1 Å². The maximum Gasteiger partial charge on any atom is 0.335 e. The quantitative estimate of drug-likeness (QED) is 0.629. The minimum Gasteiger partial charge on any atom is -0.508 e. The van der Waals surface area contributed by atoms with Crippen LogP contribution < -0.4 is 5.32 Å². The number of anilines is 2. The van der Waals surface area contributed by atoms with Crippen LogP contribution in [0.4, 0.5) is 11.4 Å². The van der Waals surface area contributed by atoms with Crippen LogP contribution in [0.25, 0.3) is 10.9 Å². The molecular weight excluding hydrogens is 316 g/mol. The second kappa shape index (κ2) is 6.54. The molecule has 0 fully saturated rings. The predicted octanol–water partition coefficient (Wildman–Crippen LogP) is 4.11. The van der Waals surface area contributed by atoms with E-state index < -0.39 is 5.97 Å². The van der Waals surface area contributed by atoms with Gasteiger partial charge in [-0.15, -0.1) is 12.4 Å². The highest BCUT2D eigenvalue weighted by atomic mass is 35.5. The van der Waals surface area contributed by atoms with E-state index in [1.165, 1.54) is 0 Å². The number of carbonyl (C=O) groups is 1. The Morgan fingerprint density at radius 1 is 1.09 bits per heavy atom. The van der Waals surface area contributed by atoms with Crippen molar-refractivity contribution in [3.8, 4) is 5.75 Å². The summed E-state index contributed by atoms with van der Waals surface area (Å²) in [6, 6.07) is 13.4. The summed E-state index contributed by atoms with van der Waals surface area (Å²) in [6.07, 6.45) is 0. The zero-order valence-corrected chi connectivity index (χ0v) is 13.1. The molecule has 0 radical (unpaired) electrons. The number of carboxylic acids is 1. The number of phenolic OH excluding ortho intramolecular Hbond substituents is 1. The number of hydrogen-bond acceptors (Lipinski definition) is 4. The summed E-state index contributed by atoms with van der Waals surface area (Å²) in [4.78, 5) is 15.6. The van der Waals surface area contributed by atoms with Gasteiger partial charge < -0.3 is 15.5 Å². The number of fused-ring (bicyclic) bond motifs is 1. The summed E-state index contributed by atoms with van der Waals surface area (Å²) in [5.74, 6) is -0.785. The number of benzene rings is 2. The van der Waals surface area contributed by atoms with Gasteiger partial charge in [-0.2, -0.15) is 0 Å². The summed E-state index contributed by atoms with van der Waals surface area (Å²) in [5.41, 5.74) is 3.34. The number of aromatic nitrogens is 1. The molecule has 1 aromatic heterocycles. The molecule has 0 aliphatic heterocycles. The highest BCUT2D eigenvalue weighted by Crippen LogP contribution is 2.28. The minimum absolute atomic E-state index is 0. The maximum atomic E-state index is 11.2. The Bertz CT molecular complexity index is 864. The Morgan fingerprint density at radius 2 is 1.78 bits per heavy atom. The number of hydrogen-bond donors (Lipinski definition) is 3. The molecule has 1 heterocycles. The summed E-state index contributed by atoms with van der Waals surface area (Å²) in [6.45, 7) is 1.88. The van der Waals surface area contributed by atoms with E-state index in [0.29, 0.717) is 0 Å². The molecule has 0 saturated heterocycles. The molecule has 3 aromatic rings. The van der Waals surface area contributed by atoms with Crippen LogP contribution in [-0.2, 0) is 0 Å². The van der Waals surface area contributed by atoms with Gasteiger partial charge in [0.2, 0.25) is 0 Å². The first-order valence-electron chi connectivity index (χ1n) is 6.74. The summed E-state index contributed by atoms with van der Waals surface area (Å²) in [5, 5.41) is 22.4. The van der Waals surface area contributed by atoms with E-state index in [1.54, 1.807) is 42.5 Å². The number of aromatic hydroxyl groups is 1. The minimum atomic E-state index is -0.974. The van der Waals surface area contributed by atoms with E-state index in [4.69, 9.17) is 5.11 Å². The number of aryl methyl sites for hydroxylation is 1. The van der Waals surface area contributed by atoms with E-state index in [-0.39, 0.29) is 23.7 Å². The van der Waals surface area contributed by atoms with Gasteiger partial charge in [-0.05, 0) is 55.5 Å². The van der Waals surface area contributed by atoms with Crippen molar-refractivity contribution in [2.75, 3.05) is 5.32 Å². The van der Waals surface area contributed by atoms with Crippen molar-refractivity contribution in [3.05, 3.63) is 59.8 Å². The van der Waals surface area contributed by atoms with Gasteiger partial charge in [0.05, 0.1) is 11.1 Å². The molecule has 0 aliphatic rings. The Labute approximate surface area is 139 Å². The van der Waals surface area contributed by atoms with Gasteiger partial charge in [-0.25, -0.2) is 4.79 Å². The SMILES string of the molecule is Cc1cc(Nc2ccc(O)cc2)c2cc(C(=O)O)ccc2n1.Cl. The summed E-state index contributed by atoms with van der Waals surface area (Å²) < 4.78 is 0. The summed E-state index contributed by atoms with van der Waals surface area (Å²) in [7, 11) is 0. The van der Waals surface area contributed by atoms with Gasteiger partial charge >= 0.3 is 5.97 Å². The van der Waals surface area contributed by atoms with Crippen LogP contribution in [0.2, 0.25) is 0 Å². The highest BCUT2D eigenvalue weighted by Gasteiger charge is 2.09. The molecule has 0 atom stereocenters. The van der Waals surface area contributed by atoms with Gasteiger partial charge in [0, 0.05) is 22.5 Å². The van der Waals surface area contributed by atoms with Gasteiger partial charge in [0.1, 0.15) is 5.75 Å². The second-order valence-electron chi connectivity index (χ2n) is 5.02. The molecule has 3 rings (SSSR count). The van der Waals surface area contributed by atoms with Crippen molar-refractivity contribution < 1.29 is 15.0 Å². The van der Waals surface area contributed by atoms with Crippen molar-refractivity contribution in [1.29, 1.82) is 0 Å². The van der Waals surface area contributed by atoms with Crippen molar-refractivity contribution in [2.45, 2.75) is 6.92 Å². The number of pyridine rings is 1. The molecule has 2 aromatic carbocycles. The van der Waals surface area contributed by atoms with E-state index in [9.17, 15) is 9.90 Å². The highest BCUT2D eigenvalue weighted by molar-refractivity contribution is 5.99. The maximum absolute atomic E-state index is 11.2. The Kier molecular flexibility index (Phi) is 4.71. The van der Waals surface area contributed by atoms with Crippen molar-refractivity contribution in [1.82, 2.24) is 4.98 Å². The van der Waals surface area contributed by atoms with Crippen molar-refractivity contribution in [3.63, 3.8) is 0 Å². The first kappa shape index (κ1) is 16.6. The molecule has 0 unspecified atom stereocenters. The lowest BCUT2D eigenvalue weighted by Crippen LogP contribution is -1.99. The Hall–Kier alpha value is -2.79. The summed E-state index contributed by atoms with van der Waals surface area (Å²) >= 11 is 0. The van der Waals surface area contributed by atoms with E-state index in [2.05, 4.69) is 10.3 Å². The third kappa shape index (κ3) is 3.52. The molecular formula is C17H15ClN2O3. The first-order valence-corrected chi connectivity index (χ1v) is 6.74. The van der Waals surface area contributed by atoms with E-state index in [1.807, 2.05) is 13.0 Å². The van der Waals surface area contributed by atoms with Gasteiger partial charge in [0.15, 0.2) is 0 Å². The molecule has 6 heteroatoms. The van der Waals surface area contributed by atoms with Crippen LogP contribution in [0.3, 0.4) is 0 Å². The lowest BCUT2D eigenvalue weighted by atomic mass is 10.1. The number of rotatable bonds is 3. The topological polar surface area (TPSA) is 82.5 Å². The molecule has 0 bridgehead atoms. The number of halogens is 1. The number of phenols is 1. The molecule has 23 heavy (non-hydrogen) atoms. The fraction of sp³-hybridized carbons (Fsp3) is 0.0588. The largest absolute Gasteiger partial charge is 0.508 e. The smallest absolute Gasteiger partial charge is 0.335 e. The van der Waals surface area contributed by atoms with E-state index in [0.717, 1.165) is 28.0 Å².